The molecule has 0 aliphatic heterocycles. The fourth-order valence-corrected chi connectivity index (χ4v) is 5.04. The number of anilines is 1. The molecule has 8 heteroatoms. The van der Waals surface area contributed by atoms with Gasteiger partial charge in [-0.2, -0.15) is 0 Å². The van der Waals surface area contributed by atoms with Gasteiger partial charge in [0, 0.05) is 43.8 Å². The molecular weight excluding hydrogens is 370 g/mol. The maximum atomic E-state index is 4.94. The van der Waals surface area contributed by atoms with Crippen LogP contribution in [0.15, 0.2) is 31.0 Å². The first-order chi connectivity index (χ1) is 13.7. The van der Waals surface area contributed by atoms with Crippen LogP contribution < -0.4 is 4.90 Å². The van der Waals surface area contributed by atoms with Crippen LogP contribution >= 0.6 is 11.3 Å². The predicted molar refractivity (Wildman–Crippen MR) is 110 cm³/mol. The molecule has 0 unspecified atom stereocenters. The Bertz CT molecular complexity index is 1130. The summed E-state index contributed by atoms with van der Waals surface area (Å²) >= 11 is 1.80. The van der Waals surface area contributed by atoms with E-state index in [0.717, 1.165) is 29.3 Å². The Morgan fingerprint density at radius 2 is 2.00 bits per heavy atom. The monoisotopic (exact) mass is 391 g/mol. The molecule has 1 aliphatic carbocycles. The molecule has 4 aromatic rings. The Labute approximate surface area is 167 Å². The van der Waals surface area contributed by atoms with Gasteiger partial charge in [0.1, 0.15) is 22.2 Å². The number of imidazole rings is 1. The van der Waals surface area contributed by atoms with E-state index in [0.29, 0.717) is 18.1 Å². The highest BCUT2D eigenvalue weighted by Gasteiger charge is 2.24. The van der Waals surface area contributed by atoms with Crippen LogP contribution in [0.4, 0.5) is 5.82 Å². The predicted octanol–water partition coefficient (Wildman–Crippen LogP) is 3.40. The summed E-state index contributed by atoms with van der Waals surface area (Å²) in [7, 11) is 4.09. The zero-order valence-corrected chi connectivity index (χ0v) is 16.8. The summed E-state index contributed by atoms with van der Waals surface area (Å²) < 4.78 is 2.04. The highest BCUT2D eigenvalue weighted by atomic mass is 32.1. The zero-order valence-electron chi connectivity index (χ0n) is 16.0. The van der Waals surface area contributed by atoms with Crippen molar-refractivity contribution in [2.45, 2.75) is 32.2 Å². The number of hydrogen-bond acceptors (Lipinski definition) is 7. The van der Waals surface area contributed by atoms with Gasteiger partial charge >= 0.3 is 0 Å². The average Bonchev–Trinajstić information content (AvgIpc) is 3.31. The van der Waals surface area contributed by atoms with Crippen molar-refractivity contribution in [1.82, 2.24) is 29.5 Å². The molecule has 0 atom stereocenters. The van der Waals surface area contributed by atoms with E-state index < -0.39 is 0 Å². The average molecular weight is 392 g/mol. The summed E-state index contributed by atoms with van der Waals surface area (Å²) in [6.07, 6.45) is 13.6. The van der Waals surface area contributed by atoms with Gasteiger partial charge in [0.2, 0.25) is 0 Å². The Kier molecular flexibility index (Phi) is 4.27. The molecule has 0 fully saturated rings. The normalized spacial score (nSPS) is 13.6. The van der Waals surface area contributed by atoms with Gasteiger partial charge in [0.25, 0.3) is 0 Å². The molecule has 4 aromatic heterocycles. The van der Waals surface area contributed by atoms with Gasteiger partial charge in [-0.15, -0.1) is 11.3 Å². The van der Waals surface area contributed by atoms with Crippen LogP contribution in [0.2, 0.25) is 0 Å². The highest BCUT2D eigenvalue weighted by molar-refractivity contribution is 7.19. The van der Waals surface area contributed by atoms with Crippen LogP contribution in [0, 0.1) is 0 Å². The molecule has 0 N–H and O–H groups in total. The number of hydrogen-bond donors (Lipinski definition) is 0. The van der Waals surface area contributed by atoms with Crippen molar-refractivity contribution in [2.75, 3.05) is 11.9 Å². The number of aromatic nitrogens is 6. The fourth-order valence-electron chi connectivity index (χ4n) is 3.78. The van der Waals surface area contributed by atoms with Crippen LogP contribution in [0.1, 0.15) is 29.1 Å². The Hall–Kier alpha value is -2.87. The summed E-state index contributed by atoms with van der Waals surface area (Å²) in [6.45, 7) is 0.681. The first-order valence-corrected chi connectivity index (χ1v) is 10.3. The van der Waals surface area contributed by atoms with Crippen LogP contribution in [-0.2, 0) is 26.4 Å². The van der Waals surface area contributed by atoms with Crippen molar-refractivity contribution >= 4 is 27.4 Å². The Morgan fingerprint density at radius 3 is 2.79 bits per heavy atom. The third-order valence-corrected chi connectivity index (χ3v) is 6.43. The minimum Gasteiger partial charge on any atom is -0.352 e. The van der Waals surface area contributed by atoms with Gasteiger partial charge in [-0.3, -0.25) is 4.98 Å². The van der Waals surface area contributed by atoms with E-state index in [2.05, 4.69) is 26.9 Å². The third kappa shape index (κ3) is 2.93. The molecule has 0 spiro atoms. The summed E-state index contributed by atoms with van der Waals surface area (Å²) in [5.74, 6) is 2.58. The van der Waals surface area contributed by atoms with Crippen molar-refractivity contribution in [3.63, 3.8) is 0 Å². The topological polar surface area (TPSA) is 72.6 Å². The minimum absolute atomic E-state index is 0.626. The van der Waals surface area contributed by atoms with E-state index >= 15 is 0 Å². The van der Waals surface area contributed by atoms with Crippen molar-refractivity contribution in [3.05, 3.63) is 47.2 Å². The number of rotatable bonds is 4. The zero-order chi connectivity index (χ0) is 19.1. The van der Waals surface area contributed by atoms with E-state index in [9.17, 15) is 0 Å². The van der Waals surface area contributed by atoms with E-state index in [1.54, 1.807) is 29.9 Å². The molecule has 0 aromatic carbocycles. The Morgan fingerprint density at radius 1 is 1.11 bits per heavy atom. The summed E-state index contributed by atoms with van der Waals surface area (Å²) in [5, 5.41) is 1.20. The smallest absolute Gasteiger partial charge is 0.183 e. The first kappa shape index (κ1) is 17.2. The highest BCUT2D eigenvalue weighted by Crippen LogP contribution is 2.40. The molecule has 28 heavy (non-hydrogen) atoms. The van der Waals surface area contributed by atoms with Crippen LogP contribution in [0.3, 0.4) is 0 Å². The summed E-state index contributed by atoms with van der Waals surface area (Å²) in [4.78, 5) is 27.6. The van der Waals surface area contributed by atoms with Gasteiger partial charge in [-0.25, -0.2) is 19.9 Å². The number of aryl methyl sites for hydroxylation is 3. The second-order valence-corrected chi connectivity index (χ2v) is 8.25. The first-order valence-electron chi connectivity index (χ1n) is 9.46. The van der Waals surface area contributed by atoms with E-state index in [-0.39, 0.29) is 0 Å². The van der Waals surface area contributed by atoms with Gasteiger partial charge in [0.05, 0.1) is 18.1 Å². The van der Waals surface area contributed by atoms with Crippen molar-refractivity contribution in [1.29, 1.82) is 0 Å². The van der Waals surface area contributed by atoms with E-state index in [4.69, 9.17) is 9.97 Å². The molecular formula is C20H21N7S. The van der Waals surface area contributed by atoms with E-state index in [1.807, 2.05) is 24.0 Å². The third-order valence-electron chi connectivity index (χ3n) is 5.25. The number of nitrogens with zero attached hydrogens (tertiary/aromatic N) is 7. The van der Waals surface area contributed by atoms with Crippen LogP contribution in [0.5, 0.6) is 0 Å². The van der Waals surface area contributed by atoms with Crippen LogP contribution in [0.25, 0.3) is 21.7 Å². The van der Waals surface area contributed by atoms with Crippen molar-refractivity contribution in [2.24, 2.45) is 7.05 Å². The minimum atomic E-state index is 0.626. The lowest BCUT2D eigenvalue weighted by Crippen LogP contribution is -2.21. The second-order valence-electron chi connectivity index (χ2n) is 7.16. The summed E-state index contributed by atoms with van der Waals surface area (Å²) in [6, 6.07) is 0. The fraction of sp³-hybridized carbons (Fsp3) is 0.350. The lowest BCUT2D eigenvalue weighted by Gasteiger charge is -2.21. The SMILES string of the molecule is CN(Cc1nccn1C)c1nc(-c2cnccn2)nc2sc3c(c12)CCCC3. The second kappa shape index (κ2) is 6.94. The largest absolute Gasteiger partial charge is 0.352 e. The van der Waals surface area contributed by atoms with E-state index in [1.165, 1.54) is 28.7 Å². The molecule has 4 heterocycles. The number of fused-ring (bicyclic) bond motifs is 3. The molecule has 142 valence electrons. The molecule has 0 bridgehead atoms. The van der Waals surface area contributed by atoms with Gasteiger partial charge < -0.3 is 9.47 Å². The maximum Gasteiger partial charge on any atom is 0.183 e. The van der Waals surface area contributed by atoms with Gasteiger partial charge in [0.15, 0.2) is 5.82 Å². The van der Waals surface area contributed by atoms with Crippen LogP contribution in [-0.4, -0.2) is 36.5 Å². The van der Waals surface area contributed by atoms with Crippen molar-refractivity contribution in [3.8, 4) is 11.5 Å². The van der Waals surface area contributed by atoms with Gasteiger partial charge in [-0.1, -0.05) is 0 Å². The molecule has 1 aliphatic rings. The molecule has 7 nitrogen and oxygen atoms in total. The lowest BCUT2D eigenvalue weighted by molar-refractivity contribution is 0.699. The maximum absolute atomic E-state index is 4.94. The van der Waals surface area contributed by atoms with Gasteiger partial charge in [-0.05, 0) is 31.2 Å². The molecule has 0 radical (unpaired) electrons. The standard InChI is InChI=1S/C20H21N7S/c1-26-10-9-23-16(26)12-27(2)19-17-13-5-3-4-6-15(13)28-20(17)25-18(24-19)14-11-21-7-8-22-14/h7-11H,3-6,12H2,1-2H3. The molecule has 0 saturated heterocycles. The molecule has 0 saturated carbocycles. The molecule has 5 rings (SSSR count). The quantitative estimate of drug-likeness (QED) is 0.531. The Balaban J connectivity index is 1.68. The lowest BCUT2D eigenvalue weighted by atomic mass is 9.97. The number of thiophene rings is 1. The molecule has 0 amide bonds. The summed E-state index contributed by atoms with van der Waals surface area (Å²) in [5.41, 5.74) is 2.13. The van der Waals surface area contributed by atoms with Crippen molar-refractivity contribution < 1.29 is 0 Å².